The molecule has 0 saturated carbocycles. The van der Waals surface area contributed by atoms with Gasteiger partial charge < -0.3 is 5.73 Å². The number of halogens is 2. The van der Waals surface area contributed by atoms with Gasteiger partial charge in [-0.1, -0.05) is 17.7 Å². The molecule has 3 rings (SSSR count). The third-order valence-corrected chi connectivity index (χ3v) is 2.97. The first-order valence-corrected chi connectivity index (χ1v) is 5.57. The van der Waals surface area contributed by atoms with Gasteiger partial charge in [0.25, 0.3) is 0 Å². The van der Waals surface area contributed by atoms with E-state index in [9.17, 15) is 4.39 Å². The van der Waals surface area contributed by atoms with Crippen LogP contribution in [-0.2, 0) is 0 Å². The topological polar surface area (TPSA) is 56.2 Å². The van der Waals surface area contributed by atoms with E-state index in [1.54, 1.807) is 29.1 Å². The van der Waals surface area contributed by atoms with Crippen LogP contribution in [0.5, 0.6) is 0 Å². The van der Waals surface area contributed by atoms with E-state index in [1.165, 1.54) is 12.1 Å². The van der Waals surface area contributed by atoms with Crippen LogP contribution in [-0.4, -0.2) is 14.4 Å². The van der Waals surface area contributed by atoms with Crippen molar-refractivity contribution in [2.24, 2.45) is 0 Å². The van der Waals surface area contributed by atoms with Crippen LogP contribution >= 0.6 is 11.6 Å². The molecule has 2 N–H and O–H groups in total. The normalized spacial score (nSPS) is 11.0. The lowest BCUT2D eigenvalue weighted by Crippen LogP contribution is -1.94. The molecule has 3 aromatic rings. The zero-order valence-electron chi connectivity index (χ0n) is 9.14. The minimum absolute atomic E-state index is 0.0720. The minimum Gasteiger partial charge on any atom is -0.383 e. The van der Waals surface area contributed by atoms with E-state index in [4.69, 9.17) is 17.3 Å². The second-order valence-corrected chi connectivity index (χ2v) is 4.19. The molecule has 90 valence electrons. The number of aromatic nitrogens is 3. The number of imidazole rings is 1. The zero-order valence-corrected chi connectivity index (χ0v) is 9.89. The first kappa shape index (κ1) is 11.0. The van der Waals surface area contributed by atoms with Gasteiger partial charge >= 0.3 is 0 Å². The molecular weight excluding hydrogens is 255 g/mol. The number of nitrogen functional groups attached to an aromatic ring is 1. The first-order valence-electron chi connectivity index (χ1n) is 5.20. The average molecular weight is 263 g/mol. The van der Waals surface area contributed by atoms with Gasteiger partial charge in [0.1, 0.15) is 17.3 Å². The maximum absolute atomic E-state index is 13.4. The summed E-state index contributed by atoms with van der Waals surface area (Å²) < 4.78 is 15.1. The van der Waals surface area contributed by atoms with Gasteiger partial charge in [0.15, 0.2) is 5.65 Å². The van der Waals surface area contributed by atoms with Crippen LogP contribution in [0.15, 0.2) is 36.8 Å². The number of benzene rings is 1. The van der Waals surface area contributed by atoms with E-state index in [0.717, 1.165) is 0 Å². The summed E-state index contributed by atoms with van der Waals surface area (Å²) >= 11 is 5.64. The average Bonchev–Trinajstić information content (AvgIpc) is 2.71. The Morgan fingerprint density at radius 3 is 2.89 bits per heavy atom. The number of fused-ring (bicyclic) bond motifs is 1. The molecule has 0 amide bonds. The van der Waals surface area contributed by atoms with Crippen LogP contribution < -0.4 is 5.73 Å². The zero-order chi connectivity index (χ0) is 12.7. The summed E-state index contributed by atoms with van der Waals surface area (Å²) in [6.45, 7) is 0. The molecule has 0 fully saturated rings. The Kier molecular flexibility index (Phi) is 2.41. The van der Waals surface area contributed by atoms with Crippen molar-refractivity contribution >= 4 is 23.1 Å². The summed E-state index contributed by atoms with van der Waals surface area (Å²) in [7, 11) is 0. The highest BCUT2D eigenvalue weighted by atomic mass is 35.5. The van der Waals surface area contributed by atoms with Gasteiger partial charge in [-0.2, -0.15) is 0 Å². The standard InChI is InChI=1S/C12H8ClFN4/c13-8-2-1-7(5-9(8)14)11-12(15)18-4-3-16-6-10(18)17-11/h1-6H,15H2. The molecule has 0 bridgehead atoms. The van der Waals surface area contributed by atoms with Gasteiger partial charge in [0.2, 0.25) is 0 Å². The largest absolute Gasteiger partial charge is 0.383 e. The Morgan fingerprint density at radius 1 is 1.33 bits per heavy atom. The highest BCUT2D eigenvalue weighted by Gasteiger charge is 2.12. The highest BCUT2D eigenvalue weighted by molar-refractivity contribution is 6.30. The lowest BCUT2D eigenvalue weighted by atomic mass is 10.1. The van der Waals surface area contributed by atoms with Crippen molar-refractivity contribution in [3.05, 3.63) is 47.6 Å². The van der Waals surface area contributed by atoms with Crippen LogP contribution in [0.2, 0.25) is 5.02 Å². The van der Waals surface area contributed by atoms with E-state index in [-0.39, 0.29) is 5.02 Å². The van der Waals surface area contributed by atoms with Crippen LogP contribution in [0, 0.1) is 5.82 Å². The van der Waals surface area contributed by atoms with Crippen LogP contribution in [0.4, 0.5) is 10.2 Å². The molecule has 0 saturated heterocycles. The number of hydrogen-bond donors (Lipinski definition) is 1. The predicted molar refractivity (Wildman–Crippen MR) is 67.8 cm³/mol. The molecule has 6 heteroatoms. The van der Waals surface area contributed by atoms with Crippen LogP contribution in [0.1, 0.15) is 0 Å². The molecule has 0 aliphatic rings. The fourth-order valence-corrected chi connectivity index (χ4v) is 1.90. The Morgan fingerprint density at radius 2 is 2.17 bits per heavy atom. The van der Waals surface area contributed by atoms with Crippen LogP contribution in [0.25, 0.3) is 16.9 Å². The van der Waals surface area contributed by atoms with E-state index in [1.807, 2.05) is 0 Å². The summed E-state index contributed by atoms with van der Waals surface area (Å²) in [5, 5.41) is 0.0720. The molecule has 0 aliphatic carbocycles. The van der Waals surface area contributed by atoms with E-state index >= 15 is 0 Å². The van der Waals surface area contributed by atoms with Gasteiger partial charge in [-0.05, 0) is 12.1 Å². The summed E-state index contributed by atoms with van der Waals surface area (Å²) in [4.78, 5) is 8.28. The molecule has 0 unspecified atom stereocenters. The van der Waals surface area contributed by atoms with E-state index in [2.05, 4.69) is 9.97 Å². The fraction of sp³-hybridized carbons (Fsp3) is 0. The Bertz CT molecular complexity index is 738. The number of nitrogens with zero attached hydrogens (tertiary/aromatic N) is 3. The number of anilines is 1. The van der Waals surface area contributed by atoms with Crippen molar-refractivity contribution in [2.45, 2.75) is 0 Å². The summed E-state index contributed by atoms with van der Waals surface area (Å²) in [6.07, 6.45) is 4.90. The molecule has 0 aliphatic heterocycles. The Hall–Kier alpha value is -2.14. The van der Waals surface area contributed by atoms with Gasteiger partial charge in [0.05, 0.1) is 11.2 Å². The second-order valence-electron chi connectivity index (χ2n) is 3.78. The smallest absolute Gasteiger partial charge is 0.157 e. The lowest BCUT2D eigenvalue weighted by Gasteiger charge is -2.00. The van der Waals surface area contributed by atoms with Crippen molar-refractivity contribution in [2.75, 3.05) is 5.73 Å². The van der Waals surface area contributed by atoms with Gasteiger partial charge in [0, 0.05) is 18.0 Å². The molecule has 2 heterocycles. The lowest BCUT2D eigenvalue weighted by molar-refractivity contribution is 0.629. The SMILES string of the molecule is Nc1c(-c2ccc(Cl)c(F)c2)nc2cnccn12. The van der Waals surface area contributed by atoms with Crippen molar-refractivity contribution in [1.82, 2.24) is 14.4 Å². The molecule has 18 heavy (non-hydrogen) atoms. The summed E-state index contributed by atoms with van der Waals surface area (Å²) in [6, 6.07) is 4.47. The van der Waals surface area contributed by atoms with E-state index in [0.29, 0.717) is 22.7 Å². The summed E-state index contributed by atoms with van der Waals surface area (Å²) in [5.41, 5.74) is 7.68. The van der Waals surface area contributed by atoms with Gasteiger partial charge in [-0.15, -0.1) is 0 Å². The van der Waals surface area contributed by atoms with Crippen molar-refractivity contribution in [3.63, 3.8) is 0 Å². The molecule has 4 nitrogen and oxygen atoms in total. The van der Waals surface area contributed by atoms with E-state index < -0.39 is 5.82 Å². The Labute approximate surface area is 107 Å². The quantitative estimate of drug-likeness (QED) is 0.734. The monoisotopic (exact) mass is 262 g/mol. The summed E-state index contributed by atoms with van der Waals surface area (Å²) in [5.74, 6) is -0.0575. The number of rotatable bonds is 1. The molecular formula is C12H8ClFN4. The molecule has 0 spiro atoms. The number of hydrogen-bond acceptors (Lipinski definition) is 3. The van der Waals surface area contributed by atoms with Crippen molar-refractivity contribution < 1.29 is 4.39 Å². The maximum Gasteiger partial charge on any atom is 0.157 e. The van der Waals surface area contributed by atoms with Crippen molar-refractivity contribution in [3.8, 4) is 11.3 Å². The highest BCUT2D eigenvalue weighted by Crippen LogP contribution is 2.28. The molecule has 2 aromatic heterocycles. The van der Waals surface area contributed by atoms with Crippen molar-refractivity contribution in [1.29, 1.82) is 0 Å². The molecule has 1 aromatic carbocycles. The number of nitrogens with two attached hydrogens (primary N) is 1. The molecule has 0 radical (unpaired) electrons. The maximum atomic E-state index is 13.4. The second kappa shape index (κ2) is 3.96. The Balaban J connectivity index is 2.25. The third kappa shape index (κ3) is 1.60. The van der Waals surface area contributed by atoms with Gasteiger partial charge in [-0.25, -0.2) is 9.37 Å². The predicted octanol–water partition coefficient (Wildman–Crippen LogP) is 2.77. The van der Waals surface area contributed by atoms with Gasteiger partial charge in [-0.3, -0.25) is 9.38 Å². The minimum atomic E-state index is -0.497. The molecule has 0 atom stereocenters. The third-order valence-electron chi connectivity index (χ3n) is 2.66. The fourth-order valence-electron chi connectivity index (χ4n) is 1.78. The van der Waals surface area contributed by atoms with Crippen LogP contribution in [0.3, 0.4) is 0 Å². The first-order chi connectivity index (χ1) is 8.66.